The number of hydrogen-bond donors (Lipinski definition) is 1. The average molecular weight is 148 g/mol. The second kappa shape index (κ2) is 4.82. The molecule has 0 saturated carbocycles. The van der Waals surface area contributed by atoms with Crippen LogP contribution < -0.4 is 5.32 Å². The molecule has 3 heteroatoms. The molecule has 0 atom stereocenters. The summed E-state index contributed by atoms with van der Waals surface area (Å²) in [4.78, 5) is 1.06. The summed E-state index contributed by atoms with van der Waals surface area (Å²) in [6.07, 6.45) is 2.63. The van der Waals surface area contributed by atoms with Crippen molar-refractivity contribution in [3.63, 3.8) is 0 Å². The summed E-state index contributed by atoms with van der Waals surface area (Å²) >= 11 is 0. The lowest BCUT2D eigenvalue weighted by atomic mass is 10.3. The minimum Gasteiger partial charge on any atom is -0.461 e. The van der Waals surface area contributed by atoms with Crippen molar-refractivity contribution in [1.29, 1.82) is 0 Å². The van der Waals surface area contributed by atoms with E-state index in [-0.39, 0.29) is 0 Å². The average Bonchev–Trinajstić information content (AvgIpc) is 1.82. The van der Waals surface area contributed by atoms with Crippen molar-refractivity contribution in [3.8, 4) is 0 Å². The highest BCUT2D eigenvalue weighted by molar-refractivity contribution is 7.84. The number of nitrogens with one attached hydrogen (secondary N) is 1. The van der Waals surface area contributed by atoms with Crippen LogP contribution >= 0.6 is 0 Å². The molecule has 0 saturated heterocycles. The Morgan fingerprint density at radius 1 is 1.67 bits per heavy atom. The Labute approximate surface area is 58.7 Å². The quantitative estimate of drug-likeness (QED) is 0.463. The molecule has 0 spiro atoms. The summed E-state index contributed by atoms with van der Waals surface area (Å²) in [5.74, 6) is 0. The van der Waals surface area contributed by atoms with Crippen LogP contribution in [0.4, 0.5) is 0 Å². The maximum absolute atomic E-state index is 10.7. The zero-order valence-corrected chi connectivity index (χ0v) is 7.05. The van der Waals surface area contributed by atoms with Crippen molar-refractivity contribution in [2.75, 3.05) is 19.8 Å². The third-order valence-electron chi connectivity index (χ3n) is 1.22. The van der Waals surface area contributed by atoms with Crippen molar-refractivity contribution in [3.05, 3.63) is 0 Å². The maximum Gasteiger partial charge on any atom is -0.00346 e. The summed E-state index contributed by atoms with van der Waals surface area (Å²) < 4.78 is 10.7. The predicted molar refractivity (Wildman–Crippen MR) is 43.2 cm³/mol. The van der Waals surface area contributed by atoms with Crippen LogP contribution in [0.3, 0.4) is 0 Å². The topological polar surface area (TPSA) is 29.1 Å². The van der Waals surface area contributed by atoms with Gasteiger partial charge in [-0.1, -0.05) is 6.92 Å². The predicted octanol–water partition coefficient (Wildman–Crippen LogP) is 0.382. The standard InChI is InChI=1S/C6H14NOS/c1-6(9(3)8)4-5-7-2/h7H,4-5H2,1-3H3/q-1. The van der Waals surface area contributed by atoms with Gasteiger partial charge in [0.2, 0.25) is 0 Å². The number of hydrogen-bond acceptors (Lipinski definition) is 3. The normalized spacial score (nSPS) is 15.2. The third kappa shape index (κ3) is 4.48. The molecule has 0 bridgehead atoms. The van der Waals surface area contributed by atoms with Crippen LogP contribution in [-0.4, -0.2) is 24.7 Å². The second-order valence-electron chi connectivity index (χ2n) is 2.01. The molecule has 0 fully saturated rings. The van der Waals surface area contributed by atoms with Gasteiger partial charge in [-0.15, -0.1) is 6.26 Å². The molecule has 1 N–H and O–H groups in total. The van der Waals surface area contributed by atoms with Gasteiger partial charge in [0.1, 0.15) is 0 Å². The van der Waals surface area contributed by atoms with Gasteiger partial charge in [-0.3, -0.25) is 10.4 Å². The monoisotopic (exact) mass is 148 g/mol. The lowest BCUT2D eigenvalue weighted by molar-refractivity contribution is 0.605. The van der Waals surface area contributed by atoms with Crippen molar-refractivity contribution < 1.29 is 4.21 Å². The van der Waals surface area contributed by atoms with Crippen LogP contribution in [0.1, 0.15) is 13.3 Å². The van der Waals surface area contributed by atoms with Gasteiger partial charge in [0.15, 0.2) is 0 Å². The van der Waals surface area contributed by atoms with Crippen molar-refractivity contribution in [2.45, 2.75) is 13.3 Å². The van der Waals surface area contributed by atoms with E-state index < -0.39 is 10.4 Å². The molecule has 9 heavy (non-hydrogen) atoms. The molecule has 0 radical (unpaired) electrons. The Morgan fingerprint density at radius 2 is 2.22 bits per heavy atom. The molecular weight excluding hydrogens is 134 g/mol. The van der Waals surface area contributed by atoms with E-state index in [1.54, 1.807) is 6.26 Å². The summed E-state index contributed by atoms with van der Waals surface area (Å²) in [5.41, 5.74) is 0. The highest BCUT2D eigenvalue weighted by Crippen LogP contribution is 1.81. The number of rotatable bonds is 3. The molecule has 0 aliphatic carbocycles. The first kappa shape index (κ1) is 8.98. The molecule has 0 aromatic carbocycles. The third-order valence-corrected chi connectivity index (χ3v) is 2.40. The minimum atomic E-state index is -0.735. The van der Waals surface area contributed by atoms with E-state index in [0.29, 0.717) is 0 Å². The SMILES string of the molecule is CNCCC(C)=[S-](C)=O. The van der Waals surface area contributed by atoms with E-state index in [1.807, 2.05) is 14.0 Å². The zero-order chi connectivity index (χ0) is 7.28. The van der Waals surface area contributed by atoms with E-state index >= 15 is 0 Å². The van der Waals surface area contributed by atoms with Crippen LogP contribution in [0, 0.1) is 0 Å². The van der Waals surface area contributed by atoms with E-state index in [2.05, 4.69) is 5.32 Å². The van der Waals surface area contributed by atoms with Crippen LogP contribution in [0.2, 0.25) is 0 Å². The van der Waals surface area contributed by atoms with E-state index in [4.69, 9.17) is 0 Å². The fourth-order valence-corrected chi connectivity index (χ4v) is 0.834. The fraction of sp³-hybridized carbons (Fsp3) is 0.833. The molecule has 0 amide bonds. The minimum absolute atomic E-state index is 0.735. The molecule has 0 unspecified atom stereocenters. The summed E-state index contributed by atoms with van der Waals surface area (Å²) in [6.45, 7) is 2.85. The van der Waals surface area contributed by atoms with E-state index in [1.165, 1.54) is 0 Å². The molecule has 56 valence electrons. The van der Waals surface area contributed by atoms with Crippen LogP contribution in [0.15, 0.2) is 0 Å². The lowest BCUT2D eigenvalue weighted by Gasteiger charge is -2.04. The Hall–Kier alpha value is -0.0200. The molecule has 2 nitrogen and oxygen atoms in total. The Bertz CT molecular complexity index is 147. The van der Waals surface area contributed by atoms with Gasteiger partial charge in [-0.2, -0.15) is 4.86 Å². The Kier molecular flexibility index (Phi) is 4.81. The molecular formula is C6H14NOS-. The Balaban J connectivity index is 3.64. The largest absolute Gasteiger partial charge is 0.461 e. The van der Waals surface area contributed by atoms with Gasteiger partial charge in [0, 0.05) is 0 Å². The maximum atomic E-state index is 10.7. The molecule has 0 aliphatic heterocycles. The first-order chi connectivity index (χ1) is 4.18. The van der Waals surface area contributed by atoms with Gasteiger partial charge in [0.05, 0.1) is 0 Å². The molecule has 0 aliphatic rings. The van der Waals surface area contributed by atoms with Gasteiger partial charge in [-0.25, -0.2) is 0 Å². The van der Waals surface area contributed by atoms with Gasteiger partial charge >= 0.3 is 0 Å². The molecule has 0 aromatic heterocycles. The lowest BCUT2D eigenvalue weighted by Crippen LogP contribution is -2.12. The highest BCUT2D eigenvalue weighted by atomic mass is 32.2. The van der Waals surface area contributed by atoms with E-state index in [9.17, 15) is 4.21 Å². The van der Waals surface area contributed by atoms with E-state index in [0.717, 1.165) is 17.8 Å². The van der Waals surface area contributed by atoms with Gasteiger partial charge in [-0.05, 0) is 20.0 Å². The summed E-state index contributed by atoms with van der Waals surface area (Å²) in [6, 6.07) is 0. The van der Waals surface area contributed by atoms with Gasteiger partial charge in [0.25, 0.3) is 0 Å². The summed E-state index contributed by atoms with van der Waals surface area (Å²) in [5, 5.41) is 3.00. The van der Waals surface area contributed by atoms with Crippen molar-refractivity contribution in [2.24, 2.45) is 0 Å². The van der Waals surface area contributed by atoms with Crippen LogP contribution in [-0.2, 0) is 14.6 Å². The smallest absolute Gasteiger partial charge is 0.00346 e. The van der Waals surface area contributed by atoms with Crippen LogP contribution in [0.5, 0.6) is 0 Å². The molecule has 0 rings (SSSR count). The van der Waals surface area contributed by atoms with Crippen LogP contribution in [0.25, 0.3) is 0 Å². The molecule has 0 heterocycles. The Morgan fingerprint density at radius 3 is 2.56 bits per heavy atom. The van der Waals surface area contributed by atoms with Crippen molar-refractivity contribution in [1.82, 2.24) is 5.32 Å². The first-order valence-corrected chi connectivity index (χ1v) is 4.54. The zero-order valence-electron chi connectivity index (χ0n) is 6.23. The highest BCUT2D eigenvalue weighted by Gasteiger charge is 1.79. The summed E-state index contributed by atoms with van der Waals surface area (Å²) in [7, 11) is 1.16. The first-order valence-electron chi connectivity index (χ1n) is 2.99. The fourth-order valence-electron chi connectivity index (χ4n) is 0.445. The van der Waals surface area contributed by atoms with Gasteiger partial charge < -0.3 is 9.53 Å². The van der Waals surface area contributed by atoms with Crippen molar-refractivity contribution >= 4 is 15.3 Å². The molecule has 0 aromatic rings. The second-order valence-corrected chi connectivity index (χ2v) is 3.61.